The molecule has 6 heteroatoms. The number of ether oxygens (including phenoxy) is 1. The van der Waals surface area contributed by atoms with E-state index in [9.17, 15) is 4.79 Å². The van der Waals surface area contributed by atoms with Crippen molar-refractivity contribution in [2.24, 2.45) is 5.92 Å². The first-order chi connectivity index (χ1) is 10.1. The van der Waals surface area contributed by atoms with E-state index in [1.807, 2.05) is 0 Å². The lowest BCUT2D eigenvalue weighted by Crippen LogP contribution is -2.25. The average Bonchev–Trinajstić information content (AvgIpc) is 3.37. The average molecular weight is 309 g/mol. The van der Waals surface area contributed by atoms with E-state index in [-0.39, 0.29) is 5.91 Å². The van der Waals surface area contributed by atoms with Crippen LogP contribution < -0.4 is 20.7 Å². The third-order valence-corrected chi connectivity index (χ3v) is 5.30. The smallest absolute Gasteiger partial charge is 0.263 e. The Morgan fingerprint density at radius 1 is 1.43 bits per heavy atom. The second-order valence-electron chi connectivity index (χ2n) is 5.91. The lowest BCUT2D eigenvalue weighted by atomic mass is 10.3. The molecule has 0 aromatic carbocycles. The number of carbonyl (C=O) groups is 1. The van der Waals surface area contributed by atoms with Crippen LogP contribution in [0.2, 0.25) is 0 Å². The van der Waals surface area contributed by atoms with Crippen LogP contribution in [0.25, 0.3) is 0 Å². The van der Waals surface area contributed by atoms with Gasteiger partial charge in [0.25, 0.3) is 5.91 Å². The minimum atomic E-state index is -0.0629. The molecule has 116 valence electrons. The molecule has 0 aliphatic heterocycles. The van der Waals surface area contributed by atoms with Crippen LogP contribution in [0, 0.1) is 5.92 Å². The highest BCUT2D eigenvalue weighted by Crippen LogP contribution is 2.46. The van der Waals surface area contributed by atoms with Crippen molar-refractivity contribution >= 4 is 27.9 Å². The molecule has 0 atom stereocenters. The SMILES string of the molecule is CCN(CC1CC1)c1sc(C(=O)NC2CC2)c(N)c1OC. The lowest BCUT2D eigenvalue weighted by molar-refractivity contribution is 0.0956. The van der Waals surface area contributed by atoms with Crippen LogP contribution in [0.4, 0.5) is 10.7 Å². The highest BCUT2D eigenvalue weighted by atomic mass is 32.1. The van der Waals surface area contributed by atoms with Crippen LogP contribution in [-0.4, -0.2) is 32.1 Å². The van der Waals surface area contributed by atoms with E-state index < -0.39 is 0 Å². The summed E-state index contributed by atoms with van der Waals surface area (Å²) in [6.45, 7) is 4.05. The highest BCUT2D eigenvalue weighted by Gasteiger charge is 2.31. The van der Waals surface area contributed by atoms with Crippen molar-refractivity contribution < 1.29 is 9.53 Å². The van der Waals surface area contributed by atoms with E-state index in [2.05, 4.69) is 17.1 Å². The lowest BCUT2D eigenvalue weighted by Gasteiger charge is -2.22. The number of thiophene rings is 1. The van der Waals surface area contributed by atoms with E-state index >= 15 is 0 Å². The number of nitrogens with zero attached hydrogens (tertiary/aromatic N) is 1. The Balaban J connectivity index is 1.85. The maximum Gasteiger partial charge on any atom is 0.263 e. The summed E-state index contributed by atoms with van der Waals surface area (Å²) in [5.74, 6) is 1.37. The van der Waals surface area contributed by atoms with E-state index in [4.69, 9.17) is 10.5 Å². The zero-order valence-corrected chi connectivity index (χ0v) is 13.5. The van der Waals surface area contributed by atoms with Gasteiger partial charge in [-0.15, -0.1) is 11.3 Å². The molecule has 0 spiro atoms. The first-order valence-electron chi connectivity index (χ1n) is 7.66. The van der Waals surface area contributed by atoms with Crippen molar-refractivity contribution in [3.8, 4) is 5.75 Å². The molecule has 1 aromatic heterocycles. The van der Waals surface area contributed by atoms with Crippen molar-refractivity contribution in [2.75, 3.05) is 30.8 Å². The minimum Gasteiger partial charge on any atom is -0.492 e. The second kappa shape index (κ2) is 5.75. The maximum absolute atomic E-state index is 12.3. The number of nitrogens with two attached hydrogens (primary N) is 1. The van der Waals surface area contributed by atoms with Gasteiger partial charge in [0.15, 0.2) is 5.75 Å². The summed E-state index contributed by atoms with van der Waals surface area (Å²) in [5, 5.41) is 3.99. The van der Waals surface area contributed by atoms with Gasteiger partial charge in [-0.3, -0.25) is 4.79 Å². The van der Waals surface area contributed by atoms with Gasteiger partial charge in [0.2, 0.25) is 0 Å². The molecule has 2 fully saturated rings. The molecule has 21 heavy (non-hydrogen) atoms. The Morgan fingerprint density at radius 2 is 2.14 bits per heavy atom. The van der Waals surface area contributed by atoms with Crippen molar-refractivity contribution in [3.63, 3.8) is 0 Å². The van der Waals surface area contributed by atoms with Gasteiger partial charge in [-0.25, -0.2) is 0 Å². The number of hydrogen-bond donors (Lipinski definition) is 2. The van der Waals surface area contributed by atoms with Crippen LogP contribution in [0.15, 0.2) is 0 Å². The molecule has 2 aliphatic rings. The Hall–Kier alpha value is -1.43. The standard InChI is InChI=1S/C15H23N3O2S/c1-3-18(8-9-4-5-9)15-12(20-2)11(16)13(21-15)14(19)17-10-6-7-10/h9-10H,3-8,16H2,1-2H3,(H,17,19). The number of amides is 1. The zero-order valence-electron chi connectivity index (χ0n) is 12.6. The zero-order chi connectivity index (χ0) is 15.0. The van der Waals surface area contributed by atoms with Crippen molar-refractivity contribution in [1.82, 2.24) is 5.32 Å². The van der Waals surface area contributed by atoms with Gasteiger partial charge in [0, 0.05) is 19.1 Å². The van der Waals surface area contributed by atoms with Crippen molar-refractivity contribution in [3.05, 3.63) is 4.88 Å². The predicted molar refractivity (Wildman–Crippen MR) is 86.4 cm³/mol. The number of nitrogens with one attached hydrogen (secondary N) is 1. The van der Waals surface area contributed by atoms with Gasteiger partial charge < -0.3 is 20.7 Å². The first-order valence-corrected chi connectivity index (χ1v) is 8.47. The van der Waals surface area contributed by atoms with E-state index in [0.29, 0.717) is 22.4 Å². The normalized spacial score (nSPS) is 17.6. The van der Waals surface area contributed by atoms with Gasteiger partial charge in [-0.2, -0.15) is 0 Å². The monoisotopic (exact) mass is 309 g/mol. The summed E-state index contributed by atoms with van der Waals surface area (Å²) in [4.78, 5) is 15.2. The molecular formula is C15H23N3O2S. The summed E-state index contributed by atoms with van der Waals surface area (Å²) in [5.41, 5.74) is 6.63. The third-order valence-electron chi connectivity index (χ3n) is 4.05. The Morgan fingerprint density at radius 3 is 2.67 bits per heavy atom. The second-order valence-corrected chi connectivity index (χ2v) is 6.91. The molecular weight excluding hydrogens is 286 g/mol. The van der Waals surface area contributed by atoms with E-state index in [0.717, 1.165) is 36.9 Å². The minimum absolute atomic E-state index is 0.0629. The molecule has 1 amide bonds. The van der Waals surface area contributed by atoms with Crippen molar-refractivity contribution in [2.45, 2.75) is 38.6 Å². The quantitative estimate of drug-likeness (QED) is 0.812. The number of anilines is 2. The van der Waals surface area contributed by atoms with Gasteiger partial charge >= 0.3 is 0 Å². The Labute approximate surface area is 129 Å². The largest absolute Gasteiger partial charge is 0.492 e. The van der Waals surface area contributed by atoms with Gasteiger partial charge in [0.05, 0.1) is 7.11 Å². The maximum atomic E-state index is 12.3. The third kappa shape index (κ3) is 3.10. The number of carbonyl (C=O) groups excluding carboxylic acids is 1. The van der Waals surface area contributed by atoms with E-state index in [1.54, 1.807) is 7.11 Å². The molecule has 1 aromatic rings. The van der Waals surface area contributed by atoms with Crippen LogP contribution in [0.1, 0.15) is 42.3 Å². The van der Waals surface area contributed by atoms with E-state index in [1.165, 1.54) is 24.2 Å². The summed E-state index contributed by atoms with van der Waals surface area (Å²) in [7, 11) is 1.62. The summed E-state index contributed by atoms with van der Waals surface area (Å²) < 4.78 is 5.48. The molecule has 0 bridgehead atoms. The molecule has 0 radical (unpaired) electrons. The molecule has 2 aliphatic carbocycles. The number of nitrogen functional groups attached to an aromatic ring is 1. The highest BCUT2D eigenvalue weighted by molar-refractivity contribution is 7.19. The topological polar surface area (TPSA) is 67.6 Å². The fraction of sp³-hybridized carbons (Fsp3) is 0.667. The Bertz CT molecular complexity index is 535. The molecule has 0 saturated heterocycles. The van der Waals surface area contributed by atoms with Gasteiger partial charge in [0.1, 0.15) is 15.6 Å². The molecule has 2 saturated carbocycles. The summed E-state index contributed by atoms with van der Waals surface area (Å²) in [6, 6.07) is 0.335. The molecule has 1 heterocycles. The summed E-state index contributed by atoms with van der Waals surface area (Å²) >= 11 is 1.45. The number of methoxy groups -OCH3 is 1. The van der Waals surface area contributed by atoms with Crippen LogP contribution in [0.5, 0.6) is 5.75 Å². The molecule has 0 unspecified atom stereocenters. The summed E-state index contributed by atoms with van der Waals surface area (Å²) in [6.07, 6.45) is 4.75. The van der Waals surface area contributed by atoms with Gasteiger partial charge in [-0.05, 0) is 38.5 Å². The molecule has 5 nitrogen and oxygen atoms in total. The molecule has 3 rings (SSSR count). The fourth-order valence-corrected chi connectivity index (χ4v) is 3.60. The fourth-order valence-electron chi connectivity index (χ4n) is 2.44. The van der Waals surface area contributed by atoms with Crippen LogP contribution in [0.3, 0.4) is 0 Å². The van der Waals surface area contributed by atoms with Gasteiger partial charge in [-0.1, -0.05) is 0 Å². The Kier molecular flexibility index (Phi) is 3.97. The van der Waals surface area contributed by atoms with Crippen molar-refractivity contribution in [1.29, 1.82) is 0 Å². The number of rotatable bonds is 7. The predicted octanol–water partition coefficient (Wildman–Crippen LogP) is 2.47. The van der Waals surface area contributed by atoms with Crippen LogP contribution >= 0.6 is 11.3 Å². The first kappa shape index (κ1) is 14.5. The van der Waals surface area contributed by atoms with Crippen LogP contribution in [-0.2, 0) is 0 Å². The molecule has 3 N–H and O–H groups in total. The number of hydrogen-bond acceptors (Lipinski definition) is 5.